The zero-order chi connectivity index (χ0) is 29.0. The van der Waals surface area contributed by atoms with E-state index < -0.39 is 22.9 Å². The number of amides is 1. The Morgan fingerprint density at radius 2 is 1.76 bits per heavy atom. The van der Waals surface area contributed by atoms with Gasteiger partial charge < -0.3 is 19.1 Å². The first-order chi connectivity index (χ1) is 19.8. The second-order valence-electron chi connectivity index (χ2n) is 10.1. The van der Waals surface area contributed by atoms with Crippen molar-refractivity contribution >= 4 is 23.0 Å². The zero-order valence-corrected chi connectivity index (χ0v) is 23.2. The molecule has 1 aliphatic rings. The van der Waals surface area contributed by atoms with Crippen molar-refractivity contribution in [3.05, 3.63) is 112 Å². The second kappa shape index (κ2) is 11.6. The molecule has 10 heteroatoms. The van der Waals surface area contributed by atoms with Gasteiger partial charge in [-0.1, -0.05) is 72.8 Å². The van der Waals surface area contributed by atoms with Crippen LogP contribution in [0, 0.1) is 0 Å². The van der Waals surface area contributed by atoms with Crippen LogP contribution in [0.5, 0.6) is 0 Å². The summed E-state index contributed by atoms with van der Waals surface area (Å²) in [5.74, 6) is -1.21. The number of H-pyrrole nitrogens is 1. The van der Waals surface area contributed by atoms with Crippen molar-refractivity contribution in [2.75, 3.05) is 19.5 Å². The minimum atomic E-state index is -0.885. The van der Waals surface area contributed by atoms with Gasteiger partial charge in [0.2, 0.25) is 11.9 Å². The van der Waals surface area contributed by atoms with Crippen molar-refractivity contribution in [1.29, 1.82) is 0 Å². The molecule has 5 rings (SSSR count). The van der Waals surface area contributed by atoms with Gasteiger partial charge in [-0.2, -0.15) is 4.98 Å². The van der Waals surface area contributed by atoms with E-state index >= 15 is 0 Å². The van der Waals surface area contributed by atoms with Gasteiger partial charge in [0, 0.05) is 33.0 Å². The number of carbonyl (C=O) groups excluding carboxylic acids is 1. The number of methoxy groups -OCH3 is 2. The fourth-order valence-corrected chi connectivity index (χ4v) is 5.56. The van der Waals surface area contributed by atoms with Gasteiger partial charge in [0.15, 0.2) is 17.0 Å². The number of hydrogen-bond acceptors (Lipinski definition) is 7. The Bertz CT molecular complexity index is 1600. The van der Waals surface area contributed by atoms with Crippen LogP contribution in [-0.2, 0) is 26.2 Å². The molecule has 1 amide bonds. The Hall–Kier alpha value is -4.38. The summed E-state index contributed by atoms with van der Waals surface area (Å²) in [6.07, 6.45) is 7.43. The lowest BCUT2D eigenvalue weighted by Crippen LogP contribution is -2.38. The first-order valence-corrected chi connectivity index (χ1v) is 13.3. The number of aromatic amines is 1. The molecule has 2 aromatic carbocycles. The third kappa shape index (κ3) is 5.49. The number of fused-ring (bicyclic) bond motifs is 1. The molecule has 2 heterocycles. The second-order valence-corrected chi connectivity index (χ2v) is 10.1. The molecule has 1 aliphatic carbocycles. The van der Waals surface area contributed by atoms with Crippen LogP contribution in [-0.4, -0.2) is 56.6 Å². The summed E-state index contributed by atoms with van der Waals surface area (Å²) in [7, 11) is 3.23. The highest BCUT2D eigenvalue weighted by Gasteiger charge is 2.41. The van der Waals surface area contributed by atoms with Gasteiger partial charge in [-0.3, -0.25) is 19.9 Å². The molecular formula is C31H33N5O5. The zero-order valence-electron chi connectivity index (χ0n) is 23.2. The molecule has 10 nitrogen and oxygen atoms in total. The highest BCUT2D eigenvalue weighted by atomic mass is 16.7. The molecule has 0 aliphatic heterocycles. The molecule has 2 aromatic heterocycles. The molecule has 3 N–H and O–H groups in total. The molecule has 212 valence electrons. The molecule has 4 aromatic rings. The van der Waals surface area contributed by atoms with Crippen LogP contribution in [0.25, 0.3) is 11.2 Å². The predicted octanol–water partition coefficient (Wildman–Crippen LogP) is 3.69. The quantitative estimate of drug-likeness (QED) is 0.254. The maximum absolute atomic E-state index is 12.6. The number of ether oxygens (including phenoxy) is 2. The fraction of sp³-hybridized carbons (Fsp3) is 0.290. The van der Waals surface area contributed by atoms with E-state index in [9.17, 15) is 14.7 Å². The number of nitrogens with zero attached hydrogens (tertiary/aromatic N) is 3. The standard InChI is InChI=1S/C31H33N5O5/c1-21(37)33-29-34-27-26(28(39)35-29)32-20-36(27)19-25(38)18-31(22-10-6-4-7-11-22,23-12-8-5-9-13-23)24-14-16-30(40-2,41-3)17-15-24/h4-16,20,25,38H,17-19H2,1-3H3,(H2,33,34,35,37,39). The van der Waals surface area contributed by atoms with Crippen molar-refractivity contribution in [1.82, 2.24) is 19.5 Å². The minimum absolute atomic E-state index is 0.0198. The van der Waals surface area contributed by atoms with E-state index in [0.29, 0.717) is 12.8 Å². The number of nitrogens with one attached hydrogen (secondary N) is 2. The smallest absolute Gasteiger partial charge is 0.280 e. The molecular weight excluding hydrogens is 522 g/mol. The average molecular weight is 556 g/mol. The topological polar surface area (TPSA) is 131 Å². The molecule has 0 radical (unpaired) electrons. The van der Waals surface area contributed by atoms with E-state index in [1.54, 1.807) is 18.8 Å². The van der Waals surface area contributed by atoms with Crippen molar-refractivity contribution in [2.45, 2.75) is 43.6 Å². The SMILES string of the molecule is COC1(OC)C=CC(C(CC(O)Cn2cnc3c(=O)[nH]c(NC(C)=O)nc32)(c2ccccc2)c2ccccc2)=CC1. The van der Waals surface area contributed by atoms with E-state index in [-0.39, 0.29) is 29.6 Å². The normalized spacial score (nSPS) is 15.5. The first-order valence-electron chi connectivity index (χ1n) is 13.3. The van der Waals surface area contributed by atoms with E-state index in [0.717, 1.165) is 16.7 Å². The molecule has 0 saturated carbocycles. The van der Waals surface area contributed by atoms with Crippen LogP contribution in [0.15, 0.2) is 95.6 Å². The number of carbonyl (C=O) groups is 1. The summed E-state index contributed by atoms with van der Waals surface area (Å²) in [5.41, 5.74) is 2.21. The van der Waals surface area contributed by atoms with E-state index in [1.165, 1.54) is 13.3 Å². The van der Waals surface area contributed by atoms with E-state index in [4.69, 9.17) is 9.47 Å². The Morgan fingerprint density at radius 3 is 2.29 bits per heavy atom. The van der Waals surface area contributed by atoms with Crippen LogP contribution in [0.1, 0.15) is 30.9 Å². The Balaban J connectivity index is 1.58. The number of anilines is 1. The molecule has 0 fully saturated rings. The maximum Gasteiger partial charge on any atom is 0.280 e. The van der Waals surface area contributed by atoms with Crippen LogP contribution in [0.4, 0.5) is 5.95 Å². The summed E-state index contributed by atoms with van der Waals surface area (Å²) in [6.45, 7) is 1.45. The number of benzene rings is 2. The summed E-state index contributed by atoms with van der Waals surface area (Å²) in [5, 5.41) is 14.2. The van der Waals surface area contributed by atoms with Gasteiger partial charge in [-0.15, -0.1) is 0 Å². The number of aromatic nitrogens is 4. The lowest BCUT2D eigenvalue weighted by Gasteiger charge is -2.41. The number of allylic oxidation sites excluding steroid dienone is 2. The molecule has 0 spiro atoms. The van der Waals surface area contributed by atoms with Crippen molar-refractivity contribution in [3.8, 4) is 0 Å². The van der Waals surface area contributed by atoms with Gasteiger partial charge in [0.05, 0.1) is 19.0 Å². The van der Waals surface area contributed by atoms with E-state index in [2.05, 4.69) is 50.6 Å². The van der Waals surface area contributed by atoms with Gasteiger partial charge in [-0.25, -0.2) is 4.98 Å². The van der Waals surface area contributed by atoms with Gasteiger partial charge in [0.25, 0.3) is 5.56 Å². The Kier molecular flexibility index (Phi) is 7.98. The monoisotopic (exact) mass is 555 g/mol. The van der Waals surface area contributed by atoms with Crippen LogP contribution in [0.2, 0.25) is 0 Å². The van der Waals surface area contributed by atoms with Crippen LogP contribution < -0.4 is 10.9 Å². The minimum Gasteiger partial charge on any atom is -0.391 e. The molecule has 41 heavy (non-hydrogen) atoms. The highest BCUT2D eigenvalue weighted by Crippen LogP contribution is 2.46. The Morgan fingerprint density at radius 1 is 1.12 bits per heavy atom. The lowest BCUT2D eigenvalue weighted by molar-refractivity contribution is -0.168. The van der Waals surface area contributed by atoms with Crippen LogP contribution in [0.3, 0.4) is 0 Å². The van der Waals surface area contributed by atoms with Crippen molar-refractivity contribution in [2.24, 2.45) is 0 Å². The summed E-state index contributed by atoms with van der Waals surface area (Å²) >= 11 is 0. The van der Waals surface area contributed by atoms with Crippen molar-refractivity contribution < 1.29 is 19.4 Å². The first kappa shape index (κ1) is 28.2. The number of rotatable bonds is 10. The van der Waals surface area contributed by atoms with Crippen molar-refractivity contribution in [3.63, 3.8) is 0 Å². The predicted molar refractivity (Wildman–Crippen MR) is 155 cm³/mol. The summed E-state index contributed by atoms with van der Waals surface area (Å²) in [6, 6.07) is 20.2. The number of hydrogen-bond donors (Lipinski definition) is 3. The van der Waals surface area contributed by atoms with Gasteiger partial charge in [0.1, 0.15) is 0 Å². The average Bonchev–Trinajstić information content (AvgIpc) is 3.39. The largest absolute Gasteiger partial charge is 0.391 e. The van der Waals surface area contributed by atoms with Crippen LogP contribution >= 0.6 is 0 Å². The molecule has 0 bridgehead atoms. The Labute approximate surface area is 237 Å². The third-order valence-electron chi connectivity index (χ3n) is 7.56. The number of imidazole rings is 1. The lowest BCUT2D eigenvalue weighted by atomic mass is 9.64. The number of aliphatic hydroxyl groups excluding tert-OH is 1. The molecule has 1 unspecified atom stereocenters. The summed E-state index contributed by atoms with van der Waals surface area (Å²) < 4.78 is 13.0. The van der Waals surface area contributed by atoms with Gasteiger partial charge in [-0.05, 0) is 29.2 Å². The fourth-order valence-electron chi connectivity index (χ4n) is 5.56. The molecule has 1 atom stereocenters. The highest BCUT2D eigenvalue weighted by molar-refractivity contribution is 5.87. The maximum atomic E-state index is 12.6. The summed E-state index contributed by atoms with van der Waals surface area (Å²) in [4.78, 5) is 35.2. The molecule has 0 saturated heterocycles. The van der Waals surface area contributed by atoms with Gasteiger partial charge >= 0.3 is 0 Å². The van der Waals surface area contributed by atoms with E-state index in [1.807, 2.05) is 48.6 Å². The number of aliphatic hydroxyl groups is 1. The third-order valence-corrected chi connectivity index (χ3v) is 7.56.